The number of nitriles is 1. The van der Waals surface area contributed by atoms with E-state index in [1.165, 1.54) is 11.8 Å². The van der Waals surface area contributed by atoms with Crippen molar-refractivity contribution in [2.24, 2.45) is 0 Å². The number of phenolic OH excluding ortho intramolecular Hbond substituents is 1. The summed E-state index contributed by atoms with van der Waals surface area (Å²) in [5, 5.41) is 18.0. The SMILES string of the molecule is N#Cc1cc(Sc2cccc(O)c2)ccn1. The second-order valence-corrected chi connectivity index (χ2v) is 4.23. The van der Waals surface area contributed by atoms with Crippen molar-refractivity contribution in [3.8, 4) is 11.8 Å². The third-order valence-corrected chi connectivity index (χ3v) is 2.88. The number of hydrogen-bond acceptors (Lipinski definition) is 4. The second-order valence-electron chi connectivity index (χ2n) is 3.09. The molecule has 0 unspecified atom stereocenters. The van der Waals surface area contributed by atoms with Crippen molar-refractivity contribution in [2.75, 3.05) is 0 Å². The summed E-state index contributed by atoms with van der Waals surface area (Å²) in [6, 6.07) is 12.5. The van der Waals surface area contributed by atoms with Crippen LogP contribution in [0.25, 0.3) is 0 Å². The number of pyridine rings is 1. The van der Waals surface area contributed by atoms with E-state index < -0.39 is 0 Å². The summed E-state index contributed by atoms with van der Waals surface area (Å²) < 4.78 is 0. The standard InChI is InChI=1S/C12H8N2OS/c13-8-9-6-12(4-5-14-9)16-11-3-1-2-10(15)7-11/h1-7,15H. The Bertz CT molecular complexity index is 549. The van der Waals surface area contributed by atoms with Crippen LogP contribution in [0.2, 0.25) is 0 Å². The summed E-state index contributed by atoms with van der Waals surface area (Å²) in [6.07, 6.45) is 1.60. The van der Waals surface area contributed by atoms with Crippen LogP contribution in [0.15, 0.2) is 52.4 Å². The van der Waals surface area contributed by atoms with Gasteiger partial charge in [-0.25, -0.2) is 4.98 Å². The first kappa shape index (κ1) is 10.5. The molecule has 0 saturated carbocycles. The molecule has 78 valence electrons. The Balaban J connectivity index is 2.24. The van der Waals surface area contributed by atoms with Crippen LogP contribution < -0.4 is 0 Å². The maximum absolute atomic E-state index is 9.31. The maximum atomic E-state index is 9.31. The van der Waals surface area contributed by atoms with Crippen LogP contribution in [0.5, 0.6) is 5.75 Å². The lowest BCUT2D eigenvalue weighted by Crippen LogP contribution is -1.81. The van der Waals surface area contributed by atoms with E-state index in [4.69, 9.17) is 5.26 Å². The molecule has 0 bridgehead atoms. The van der Waals surface area contributed by atoms with Gasteiger partial charge in [0.15, 0.2) is 0 Å². The van der Waals surface area contributed by atoms with Crippen molar-refractivity contribution in [3.63, 3.8) is 0 Å². The fraction of sp³-hybridized carbons (Fsp3) is 0. The van der Waals surface area contributed by atoms with Crippen LogP contribution in [0.3, 0.4) is 0 Å². The molecular weight excluding hydrogens is 220 g/mol. The number of nitrogens with zero attached hydrogens (tertiary/aromatic N) is 2. The molecule has 0 radical (unpaired) electrons. The summed E-state index contributed by atoms with van der Waals surface area (Å²) >= 11 is 1.48. The monoisotopic (exact) mass is 228 g/mol. The quantitative estimate of drug-likeness (QED) is 0.858. The Labute approximate surface area is 97.4 Å². The molecule has 4 heteroatoms. The first-order valence-electron chi connectivity index (χ1n) is 4.61. The molecule has 0 aliphatic heterocycles. The summed E-state index contributed by atoms with van der Waals surface area (Å²) in [5.74, 6) is 0.236. The molecular formula is C12H8N2OS. The van der Waals surface area contributed by atoms with Gasteiger partial charge in [-0.3, -0.25) is 0 Å². The van der Waals surface area contributed by atoms with Crippen molar-refractivity contribution in [2.45, 2.75) is 9.79 Å². The van der Waals surface area contributed by atoms with Gasteiger partial charge in [0.05, 0.1) is 0 Å². The van der Waals surface area contributed by atoms with Crippen molar-refractivity contribution in [3.05, 3.63) is 48.3 Å². The number of benzene rings is 1. The van der Waals surface area contributed by atoms with Crippen LogP contribution in [0.4, 0.5) is 0 Å². The van der Waals surface area contributed by atoms with Gasteiger partial charge < -0.3 is 5.11 Å². The first-order chi connectivity index (χ1) is 7.78. The molecule has 1 aromatic carbocycles. The number of phenols is 1. The first-order valence-corrected chi connectivity index (χ1v) is 5.42. The summed E-state index contributed by atoms with van der Waals surface area (Å²) in [5.41, 5.74) is 0.394. The van der Waals surface area contributed by atoms with Crippen LogP contribution in [0, 0.1) is 11.3 Å². The highest BCUT2D eigenvalue weighted by molar-refractivity contribution is 7.99. The van der Waals surface area contributed by atoms with Gasteiger partial charge in [0.25, 0.3) is 0 Å². The lowest BCUT2D eigenvalue weighted by molar-refractivity contribution is 0.474. The molecule has 0 aliphatic rings. The van der Waals surface area contributed by atoms with E-state index in [2.05, 4.69) is 4.98 Å². The van der Waals surface area contributed by atoms with E-state index in [-0.39, 0.29) is 5.75 Å². The molecule has 0 spiro atoms. The fourth-order valence-electron chi connectivity index (χ4n) is 1.22. The Morgan fingerprint density at radius 3 is 2.75 bits per heavy atom. The van der Waals surface area contributed by atoms with Gasteiger partial charge in [-0.05, 0) is 30.3 Å². The highest BCUT2D eigenvalue weighted by Gasteiger charge is 2.00. The van der Waals surface area contributed by atoms with Gasteiger partial charge >= 0.3 is 0 Å². The highest BCUT2D eigenvalue weighted by atomic mass is 32.2. The van der Waals surface area contributed by atoms with Gasteiger partial charge in [0.2, 0.25) is 0 Å². The second kappa shape index (κ2) is 4.69. The zero-order valence-corrected chi connectivity index (χ0v) is 9.11. The molecule has 1 heterocycles. The van der Waals surface area contributed by atoms with E-state index >= 15 is 0 Å². The molecule has 1 N–H and O–H groups in total. The van der Waals surface area contributed by atoms with Crippen LogP contribution >= 0.6 is 11.8 Å². The minimum Gasteiger partial charge on any atom is -0.508 e. The van der Waals surface area contributed by atoms with Crippen molar-refractivity contribution < 1.29 is 5.11 Å². The minimum absolute atomic E-state index is 0.236. The molecule has 0 saturated heterocycles. The molecule has 0 aliphatic carbocycles. The van der Waals surface area contributed by atoms with Crippen LogP contribution in [0.1, 0.15) is 5.69 Å². The zero-order chi connectivity index (χ0) is 11.4. The van der Waals surface area contributed by atoms with E-state index in [0.29, 0.717) is 5.69 Å². The molecule has 1 aromatic heterocycles. The largest absolute Gasteiger partial charge is 0.508 e. The summed E-state index contributed by atoms with van der Waals surface area (Å²) in [6.45, 7) is 0. The highest BCUT2D eigenvalue weighted by Crippen LogP contribution is 2.29. The van der Waals surface area contributed by atoms with Gasteiger partial charge in [0.1, 0.15) is 17.5 Å². The molecule has 0 atom stereocenters. The molecule has 3 nitrogen and oxygen atoms in total. The summed E-state index contributed by atoms with van der Waals surface area (Å²) in [7, 11) is 0. The normalized spacial score (nSPS) is 9.69. The lowest BCUT2D eigenvalue weighted by atomic mass is 10.3. The Hall–Kier alpha value is -1.99. The van der Waals surface area contributed by atoms with Crippen molar-refractivity contribution in [1.29, 1.82) is 5.26 Å². The molecule has 0 fully saturated rings. The predicted molar refractivity (Wildman–Crippen MR) is 61.2 cm³/mol. The van der Waals surface area contributed by atoms with Crippen molar-refractivity contribution in [1.82, 2.24) is 4.98 Å². The molecule has 0 amide bonds. The number of hydrogen-bond donors (Lipinski definition) is 1. The maximum Gasteiger partial charge on any atom is 0.141 e. The smallest absolute Gasteiger partial charge is 0.141 e. The van der Waals surface area contributed by atoms with Gasteiger partial charge in [-0.15, -0.1) is 0 Å². The van der Waals surface area contributed by atoms with E-state index in [0.717, 1.165) is 9.79 Å². The van der Waals surface area contributed by atoms with E-state index in [9.17, 15) is 5.11 Å². The third kappa shape index (κ3) is 2.53. The van der Waals surface area contributed by atoms with Crippen LogP contribution in [-0.4, -0.2) is 10.1 Å². The van der Waals surface area contributed by atoms with Gasteiger partial charge in [0, 0.05) is 16.0 Å². The number of rotatable bonds is 2. The average molecular weight is 228 g/mol. The third-order valence-electron chi connectivity index (χ3n) is 1.90. The molecule has 2 aromatic rings. The van der Waals surface area contributed by atoms with Gasteiger partial charge in [-0.2, -0.15) is 5.26 Å². The Morgan fingerprint density at radius 2 is 2.00 bits per heavy atom. The topological polar surface area (TPSA) is 56.9 Å². The van der Waals surface area contributed by atoms with E-state index in [1.54, 1.807) is 30.5 Å². The van der Waals surface area contributed by atoms with Crippen molar-refractivity contribution >= 4 is 11.8 Å². The Kier molecular flexibility index (Phi) is 3.08. The van der Waals surface area contributed by atoms with E-state index in [1.807, 2.05) is 18.2 Å². The predicted octanol–water partition coefficient (Wildman–Crippen LogP) is 2.81. The average Bonchev–Trinajstić information content (AvgIpc) is 2.29. The lowest BCUT2D eigenvalue weighted by Gasteiger charge is -2.01. The van der Waals surface area contributed by atoms with Gasteiger partial charge in [-0.1, -0.05) is 17.8 Å². The minimum atomic E-state index is 0.236. The molecule has 2 rings (SSSR count). The number of aromatic hydroxyl groups is 1. The Morgan fingerprint density at radius 1 is 1.19 bits per heavy atom. The fourth-order valence-corrected chi connectivity index (χ4v) is 2.12. The summed E-state index contributed by atoms with van der Waals surface area (Å²) in [4.78, 5) is 5.75. The zero-order valence-electron chi connectivity index (χ0n) is 8.29. The number of aromatic nitrogens is 1. The molecule has 16 heavy (non-hydrogen) atoms. The van der Waals surface area contributed by atoms with Crippen LogP contribution in [-0.2, 0) is 0 Å².